The maximum Gasteiger partial charge on any atom is 0.253 e. The maximum absolute atomic E-state index is 14.0. The Hall–Kier alpha value is -4.40. The van der Waals surface area contributed by atoms with E-state index in [4.69, 9.17) is 4.74 Å². The van der Waals surface area contributed by atoms with Crippen LogP contribution >= 0.6 is 0 Å². The number of unbranched alkanes of at least 4 members (excludes halogenated alkanes) is 1. The van der Waals surface area contributed by atoms with Crippen LogP contribution < -0.4 is 15.4 Å². The molecule has 9 heteroatoms. The van der Waals surface area contributed by atoms with Gasteiger partial charge in [-0.05, 0) is 60.2 Å². The Kier molecular flexibility index (Phi) is 10.1. The van der Waals surface area contributed by atoms with E-state index in [1.54, 1.807) is 41.1 Å². The van der Waals surface area contributed by atoms with Gasteiger partial charge in [-0.2, -0.15) is 0 Å². The number of rotatable bonds is 7. The average Bonchev–Trinajstić information content (AvgIpc) is 3.43. The van der Waals surface area contributed by atoms with E-state index in [1.807, 2.05) is 49.4 Å². The molecule has 3 aromatic rings. The Morgan fingerprint density at radius 3 is 2.59 bits per heavy atom. The quantitative estimate of drug-likeness (QED) is 0.426. The van der Waals surface area contributed by atoms with Crippen molar-refractivity contribution in [2.45, 2.75) is 70.0 Å². The predicted octanol–water partition coefficient (Wildman–Crippen LogP) is 4.09. The van der Waals surface area contributed by atoms with Gasteiger partial charge in [-0.25, -0.2) is 0 Å². The molecule has 2 bridgehead atoms. The molecular weight excluding hydrogens is 556 g/mol. The maximum atomic E-state index is 14.0. The number of fused-ring (bicyclic) bond motifs is 4. The summed E-state index contributed by atoms with van der Waals surface area (Å²) in [6.07, 6.45) is 3.68. The first-order valence-corrected chi connectivity index (χ1v) is 15.7. The smallest absolute Gasteiger partial charge is 0.253 e. The van der Waals surface area contributed by atoms with Crippen LogP contribution in [0.2, 0.25) is 0 Å². The molecule has 9 nitrogen and oxygen atoms in total. The molecule has 0 radical (unpaired) electrons. The Labute approximate surface area is 258 Å². The van der Waals surface area contributed by atoms with Crippen LogP contribution in [-0.4, -0.2) is 78.3 Å². The molecule has 44 heavy (non-hydrogen) atoms. The highest BCUT2D eigenvalue weighted by molar-refractivity contribution is 5.94. The topological polar surface area (TPSA) is 108 Å². The summed E-state index contributed by atoms with van der Waals surface area (Å²) in [4.78, 5) is 56.4. The Balaban J connectivity index is 1.33. The van der Waals surface area contributed by atoms with Crippen molar-refractivity contribution in [2.24, 2.45) is 0 Å². The van der Waals surface area contributed by atoms with E-state index in [2.05, 4.69) is 10.6 Å². The third-order valence-corrected chi connectivity index (χ3v) is 8.49. The molecule has 4 amide bonds. The number of hydrogen-bond donors (Lipinski definition) is 2. The van der Waals surface area contributed by atoms with E-state index >= 15 is 0 Å². The van der Waals surface area contributed by atoms with Crippen LogP contribution in [0, 0.1) is 0 Å². The first-order valence-electron chi connectivity index (χ1n) is 15.7. The van der Waals surface area contributed by atoms with Crippen molar-refractivity contribution in [3.8, 4) is 5.75 Å². The minimum Gasteiger partial charge on any atom is -0.491 e. The first-order chi connectivity index (χ1) is 21.3. The largest absolute Gasteiger partial charge is 0.491 e. The van der Waals surface area contributed by atoms with Gasteiger partial charge in [-0.3, -0.25) is 19.2 Å². The molecule has 0 spiro atoms. The number of ether oxygens (including phenoxy) is 1. The van der Waals surface area contributed by atoms with Gasteiger partial charge in [0, 0.05) is 38.2 Å². The zero-order chi connectivity index (χ0) is 31.1. The van der Waals surface area contributed by atoms with Crippen molar-refractivity contribution in [3.05, 3.63) is 77.9 Å². The molecule has 0 aromatic heterocycles. The Morgan fingerprint density at radius 1 is 0.955 bits per heavy atom. The average molecular weight is 599 g/mol. The van der Waals surface area contributed by atoms with E-state index < -0.39 is 6.04 Å². The number of carbonyl (C=O) groups excluding carboxylic acids is 4. The molecule has 1 saturated heterocycles. The SMILES string of the molecule is CCCCC(=O)N[C@H]1CCCN(C)C(=O)c2cccc(c2)OC[C@@H]2C[C@H](NC(=O)Cc3ccc4ccccc4c3)CN2C1=O. The molecule has 0 saturated carbocycles. The first kappa shape index (κ1) is 31.0. The highest BCUT2D eigenvalue weighted by Crippen LogP contribution is 2.24. The minimum atomic E-state index is -0.724. The highest BCUT2D eigenvalue weighted by atomic mass is 16.5. The summed E-state index contributed by atoms with van der Waals surface area (Å²) in [5, 5.41) is 8.32. The summed E-state index contributed by atoms with van der Waals surface area (Å²) in [5.74, 6) is -0.0303. The van der Waals surface area contributed by atoms with Crippen molar-refractivity contribution in [3.63, 3.8) is 0 Å². The number of nitrogens with one attached hydrogen (secondary N) is 2. The molecule has 2 aliphatic rings. The van der Waals surface area contributed by atoms with E-state index in [0.717, 1.165) is 29.2 Å². The fourth-order valence-corrected chi connectivity index (χ4v) is 6.09. The number of carbonyl (C=O) groups is 4. The summed E-state index contributed by atoms with van der Waals surface area (Å²) in [5.41, 5.74) is 1.46. The molecule has 3 atom stereocenters. The van der Waals surface area contributed by atoms with Gasteiger partial charge in [-0.15, -0.1) is 0 Å². The van der Waals surface area contributed by atoms with Crippen LogP contribution in [0.3, 0.4) is 0 Å². The number of hydrogen-bond acceptors (Lipinski definition) is 5. The van der Waals surface area contributed by atoms with Gasteiger partial charge in [0.1, 0.15) is 18.4 Å². The lowest BCUT2D eigenvalue weighted by molar-refractivity contribution is -0.138. The number of benzene rings is 3. The van der Waals surface area contributed by atoms with Gasteiger partial charge < -0.3 is 25.2 Å². The highest BCUT2D eigenvalue weighted by Gasteiger charge is 2.39. The lowest BCUT2D eigenvalue weighted by Crippen LogP contribution is -2.52. The van der Waals surface area contributed by atoms with Crippen molar-refractivity contribution in [1.82, 2.24) is 20.4 Å². The predicted molar refractivity (Wildman–Crippen MR) is 169 cm³/mol. The summed E-state index contributed by atoms with van der Waals surface area (Å²) >= 11 is 0. The van der Waals surface area contributed by atoms with Gasteiger partial charge in [0.15, 0.2) is 0 Å². The number of nitrogens with zero attached hydrogens (tertiary/aromatic N) is 2. The van der Waals surface area contributed by atoms with E-state index in [-0.39, 0.29) is 48.7 Å². The van der Waals surface area contributed by atoms with Gasteiger partial charge in [-0.1, -0.05) is 61.9 Å². The van der Waals surface area contributed by atoms with Crippen LogP contribution in [0.1, 0.15) is 61.4 Å². The summed E-state index contributed by atoms with van der Waals surface area (Å²) in [6, 6.07) is 19.9. The van der Waals surface area contributed by atoms with Crippen molar-refractivity contribution >= 4 is 34.4 Å². The molecule has 3 aromatic carbocycles. The van der Waals surface area contributed by atoms with Crippen molar-refractivity contribution < 1.29 is 23.9 Å². The Bertz CT molecular complexity index is 1510. The van der Waals surface area contributed by atoms with Crippen LogP contribution in [0.4, 0.5) is 0 Å². The molecule has 2 heterocycles. The Morgan fingerprint density at radius 2 is 1.77 bits per heavy atom. The molecule has 2 N–H and O–H groups in total. The summed E-state index contributed by atoms with van der Waals surface area (Å²) in [6.45, 7) is 2.99. The standard InChI is InChI=1S/C35H42N4O5/c1-3-4-14-32(40)37-31-13-8-17-38(2)34(42)27-11-7-12-30(20-27)44-23-29-21-28(22-39(29)35(31)43)36-33(41)19-24-15-16-25-9-5-6-10-26(25)18-24/h5-7,9-12,15-16,18,20,28-29,31H,3-4,8,13-14,17,19,21-23H2,1-2H3,(H,36,41)(H,37,40)/t28-,29-,31-/m0/s1. The second kappa shape index (κ2) is 14.4. The van der Waals surface area contributed by atoms with Gasteiger partial charge in [0.05, 0.1) is 12.5 Å². The van der Waals surface area contributed by atoms with E-state index in [9.17, 15) is 19.2 Å². The number of amides is 4. The summed E-state index contributed by atoms with van der Waals surface area (Å²) in [7, 11) is 1.74. The summed E-state index contributed by atoms with van der Waals surface area (Å²) < 4.78 is 6.13. The van der Waals surface area contributed by atoms with Crippen LogP contribution in [0.15, 0.2) is 66.7 Å². The molecule has 0 aliphatic carbocycles. The lowest BCUT2D eigenvalue weighted by atomic mass is 10.0. The lowest BCUT2D eigenvalue weighted by Gasteiger charge is -2.30. The van der Waals surface area contributed by atoms with Crippen LogP contribution in [0.5, 0.6) is 5.75 Å². The third kappa shape index (κ3) is 7.75. The zero-order valence-electron chi connectivity index (χ0n) is 25.6. The molecule has 232 valence electrons. The van der Waals surface area contributed by atoms with Crippen LogP contribution in [0.25, 0.3) is 10.8 Å². The molecule has 2 aliphatic heterocycles. The molecular formula is C35H42N4O5. The second-order valence-electron chi connectivity index (χ2n) is 11.9. The molecule has 0 unspecified atom stereocenters. The van der Waals surface area contributed by atoms with Gasteiger partial charge in [0.2, 0.25) is 17.7 Å². The van der Waals surface area contributed by atoms with Crippen molar-refractivity contribution in [2.75, 3.05) is 26.7 Å². The van der Waals surface area contributed by atoms with Gasteiger partial charge >= 0.3 is 0 Å². The normalized spacial score (nSPS) is 20.9. The zero-order valence-corrected chi connectivity index (χ0v) is 25.6. The van der Waals surface area contributed by atoms with E-state index in [1.165, 1.54) is 0 Å². The third-order valence-electron chi connectivity index (χ3n) is 8.49. The van der Waals surface area contributed by atoms with E-state index in [0.29, 0.717) is 50.1 Å². The molecule has 1 fully saturated rings. The van der Waals surface area contributed by atoms with Gasteiger partial charge in [0.25, 0.3) is 5.91 Å². The minimum absolute atomic E-state index is 0.108. The monoisotopic (exact) mass is 598 g/mol. The fraction of sp³-hybridized carbons (Fsp3) is 0.429. The molecule has 5 rings (SSSR count). The van der Waals surface area contributed by atoms with Crippen molar-refractivity contribution in [1.29, 1.82) is 0 Å². The fourth-order valence-electron chi connectivity index (χ4n) is 6.09. The second-order valence-corrected chi connectivity index (χ2v) is 11.9. The van der Waals surface area contributed by atoms with Crippen LogP contribution in [-0.2, 0) is 20.8 Å².